The molecule has 3 rings (SSSR count). The summed E-state index contributed by atoms with van der Waals surface area (Å²) < 4.78 is 13.3. The van der Waals surface area contributed by atoms with Gasteiger partial charge in [0.25, 0.3) is 5.91 Å². The number of rotatable bonds is 5. The standard InChI is InChI=1S/C17H22N4O3/c1-3-20-12-18-19-16(20)15-11-21(9-10-24-15)17(22)13-7-5-6-8-14(13)23-4-2/h5-8,12,15H,3-4,9-11H2,1-2H3. The molecule has 1 unspecified atom stereocenters. The van der Waals surface area contributed by atoms with Crippen molar-refractivity contribution in [2.45, 2.75) is 26.5 Å². The van der Waals surface area contributed by atoms with E-state index in [4.69, 9.17) is 9.47 Å². The Balaban J connectivity index is 1.79. The molecule has 2 heterocycles. The largest absolute Gasteiger partial charge is 0.493 e. The molecule has 1 atom stereocenters. The molecule has 2 aromatic rings. The number of carbonyl (C=O) groups is 1. The fraction of sp³-hybridized carbons (Fsp3) is 0.471. The molecule has 128 valence electrons. The second-order valence-corrected chi connectivity index (χ2v) is 5.51. The number of hydrogen-bond acceptors (Lipinski definition) is 5. The Morgan fingerprint density at radius 3 is 3.00 bits per heavy atom. The third kappa shape index (κ3) is 3.26. The number of benzene rings is 1. The van der Waals surface area contributed by atoms with E-state index in [1.54, 1.807) is 17.3 Å². The van der Waals surface area contributed by atoms with Crippen LogP contribution in [0, 0.1) is 0 Å². The van der Waals surface area contributed by atoms with Crippen LogP contribution in [0.2, 0.25) is 0 Å². The predicted octanol–water partition coefficient (Wildman–Crippen LogP) is 1.91. The average molecular weight is 330 g/mol. The quantitative estimate of drug-likeness (QED) is 0.837. The highest BCUT2D eigenvalue weighted by Crippen LogP contribution is 2.25. The van der Waals surface area contributed by atoms with Gasteiger partial charge in [-0.05, 0) is 26.0 Å². The van der Waals surface area contributed by atoms with Crippen LogP contribution in [0.1, 0.15) is 36.1 Å². The third-order valence-corrected chi connectivity index (χ3v) is 4.05. The summed E-state index contributed by atoms with van der Waals surface area (Å²) in [5.41, 5.74) is 0.581. The van der Waals surface area contributed by atoms with Gasteiger partial charge in [0.15, 0.2) is 5.82 Å². The molecule has 0 radical (unpaired) electrons. The smallest absolute Gasteiger partial charge is 0.257 e. The Labute approximate surface area is 141 Å². The molecule has 0 aliphatic carbocycles. The molecule has 0 spiro atoms. The number of para-hydroxylation sites is 1. The molecule has 1 saturated heterocycles. The van der Waals surface area contributed by atoms with Crippen molar-refractivity contribution in [1.29, 1.82) is 0 Å². The zero-order valence-electron chi connectivity index (χ0n) is 14.0. The van der Waals surface area contributed by atoms with E-state index >= 15 is 0 Å². The van der Waals surface area contributed by atoms with Gasteiger partial charge in [0.05, 0.1) is 25.3 Å². The molecule has 1 amide bonds. The summed E-state index contributed by atoms with van der Waals surface area (Å²) in [6.45, 7) is 6.71. The van der Waals surface area contributed by atoms with Crippen molar-refractivity contribution in [2.75, 3.05) is 26.3 Å². The van der Waals surface area contributed by atoms with Crippen molar-refractivity contribution in [2.24, 2.45) is 0 Å². The van der Waals surface area contributed by atoms with E-state index < -0.39 is 0 Å². The minimum Gasteiger partial charge on any atom is -0.493 e. The third-order valence-electron chi connectivity index (χ3n) is 4.05. The van der Waals surface area contributed by atoms with Gasteiger partial charge in [-0.15, -0.1) is 10.2 Å². The highest BCUT2D eigenvalue weighted by atomic mass is 16.5. The number of nitrogens with zero attached hydrogens (tertiary/aromatic N) is 4. The average Bonchev–Trinajstić information content (AvgIpc) is 3.11. The maximum absolute atomic E-state index is 12.9. The Morgan fingerprint density at radius 1 is 1.38 bits per heavy atom. The van der Waals surface area contributed by atoms with Gasteiger partial charge in [-0.1, -0.05) is 12.1 Å². The molecule has 1 fully saturated rings. The SMILES string of the molecule is CCOc1ccccc1C(=O)N1CCOC(c2nncn2CC)C1. The monoisotopic (exact) mass is 330 g/mol. The molecule has 0 saturated carbocycles. The number of ether oxygens (including phenoxy) is 2. The summed E-state index contributed by atoms with van der Waals surface area (Å²) in [6.07, 6.45) is 1.42. The van der Waals surface area contributed by atoms with Crippen LogP contribution in [0.25, 0.3) is 0 Å². The molecule has 0 N–H and O–H groups in total. The lowest BCUT2D eigenvalue weighted by Crippen LogP contribution is -2.43. The van der Waals surface area contributed by atoms with Gasteiger partial charge in [-0.3, -0.25) is 4.79 Å². The van der Waals surface area contributed by atoms with Crippen molar-refractivity contribution < 1.29 is 14.3 Å². The molecule has 1 aromatic heterocycles. The maximum Gasteiger partial charge on any atom is 0.257 e. The normalized spacial score (nSPS) is 17.8. The van der Waals surface area contributed by atoms with Crippen molar-refractivity contribution in [3.8, 4) is 5.75 Å². The second-order valence-electron chi connectivity index (χ2n) is 5.51. The van der Waals surface area contributed by atoms with Gasteiger partial charge in [0.2, 0.25) is 0 Å². The zero-order valence-corrected chi connectivity index (χ0v) is 14.0. The van der Waals surface area contributed by atoms with Gasteiger partial charge < -0.3 is 18.9 Å². The summed E-state index contributed by atoms with van der Waals surface area (Å²) >= 11 is 0. The molecule has 1 aliphatic rings. The van der Waals surface area contributed by atoms with Gasteiger partial charge in [-0.25, -0.2) is 0 Å². The number of hydrogen-bond donors (Lipinski definition) is 0. The van der Waals surface area contributed by atoms with Crippen LogP contribution >= 0.6 is 0 Å². The highest BCUT2D eigenvalue weighted by molar-refractivity contribution is 5.97. The van der Waals surface area contributed by atoms with E-state index in [1.807, 2.05) is 36.6 Å². The van der Waals surface area contributed by atoms with Gasteiger partial charge >= 0.3 is 0 Å². The molecular weight excluding hydrogens is 308 g/mol. The molecule has 0 bridgehead atoms. The van der Waals surface area contributed by atoms with Crippen LogP contribution in [0.15, 0.2) is 30.6 Å². The molecule has 24 heavy (non-hydrogen) atoms. The van der Waals surface area contributed by atoms with Crippen molar-refractivity contribution >= 4 is 5.91 Å². The number of carbonyl (C=O) groups excluding carboxylic acids is 1. The number of aromatic nitrogens is 3. The van der Waals surface area contributed by atoms with Crippen molar-refractivity contribution in [1.82, 2.24) is 19.7 Å². The Morgan fingerprint density at radius 2 is 2.21 bits per heavy atom. The maximum atomic E-state index is 12.9. The molecule has 1 aliphatic heterocycles. The summed E-state index contributed by atoms with van der Waals surface area (Å²) in [5, 5.41) is 8.09. The minimum atomic E-state index is -0.260. The first-order chi connectivity index (χ1) is 11.7. The lowest BCUT2D eigenvalue weighted by Gasteiger charge is -2.32. The first-order valence-corrected chi connectivity index (χ1v) is 8.25. The van der Waals surface area contributed by atoms with Crippen molar-refractivity contribution in [3.63, 3.8) is 0 Å². The zero-order chi connectivity index (χ0) is 16.9. The van der Waals surface area contributed by atoms with Crippen LogP contribution in [0.3, 0.4) is 0 Å². The van der Waals surface area contributed by atoms with E-state index in [1.165, 1.54) is 0 Å². The minimum absolute atomic E-state index is 0.0464. The van der Waals surface area contributed by atoms with Crippen LogP contribution in [0.5, 0.6) is 5.75 Å². The predicted molar refractivity (Wildman–Crippen MR) is 87.9 cm³/mol. The molecule has 1 aromatic carbocycles. The lowest BCUT2D eigenvalue weighted by atomic mass is 10.1. The highest BCUT2D eigenvalue weighted by Gasteiger charge is 2.30. The fourth-order valence-corrected chi connectivity index (χ4v) is 2.84. The second kappa shape index (κ2) is 7.44. The summed E-state index contributed by atoms with van der Waals surface area (Å²) in [4.78, 5) is 14.7. The van der Waals surface area contributed by atoms with Gasteiger partial charge in [0, 0.05) is 13.1 Å². The Bertz CT molecular complexity index is 701. The van der Waals surface area contributed by atoms with E-state index in [0.717, 1.165) is 12.4 Å². The van der Waals surface area contributed by atoms with Crippen LogP contribution in [-0.4, -0.2) is 51.9 Å². The summed E-state index contributed by atoms with van der Waals surface area (Å²) in [6, 6.07) is 7.34. The van der Waals surface area contributed by atoms with Crippen LogP contribution in [-0.2, 0) is 11.3 Å². The topological polar surface area (TPSA) is 69.5 Å². The van der Waals surface area contributed by atoms with Gasteiger partial charge in [-0.2, -0.15) is 0 Å². The first-order valence-electron chi connectivity index (χ1n) is 8.25. The lowest BCUT2D eigenvalue weighted by molar-refractivity contribution is -0.0284. The van der Waals surface area contributed by atoms with Gasteiger partial charge in [0.1, 0.15) is 18.2 Å². The molecular formula is C17H22N4O3. The summed E-state index contributed by atoms with van der Waals surface area (Å²) in [5.74, 6) is 1.33. The molecule has 7 nitrogen and oxygen atoms in total. The Kier molecular flexibility index (Phi) is 5.10. The number of aryl methyl sites for hydroxylation is 1. The first kappa shape index (κ1) is 16.4. The van der Waals surface area contributed by atoms with Crippen LogP contribution in [0.4, 0.5) is 0 Å². The number of morpholine rings is 1. The van der Waals surface area contributed by atoms with E-state index in [9.17, 15) is 4.79 Å². The number of amides is 1. The van der Waals surface area contributed by atoms with E-state index in [-0.39, 0.29) is 12.0 Å². The Hall–Kier alpha value is -2.41. The van der Waals surface area contributed by atoms with E-state index in [2.05, 4.69) is 10.2 Å². The van der Waals surface area contributed by atoms with Crippen LogP contribution < -0.4 is 4.74 Å². The molecule has 7 heteroatoms. The fourth-order valence-electron chi connectivity index (χ4n) is 2.84. The van der Waals surface area contributed by atoms with E-state index in [0.29, 0.717) is 37.6 Å². The van der Waals surface area contributed by atoms with Crippen molar-refractivity contribution in [3.05, 3.63) is 42.0 Å². The summed E-state index contributed by atoms with van der Waals surface area (Å²) in [7, 11) is 0.